The molecule has 9 nitrogen and oxygen atoms in total. The van der Waals surface area contributed by atoms with Crippen LogP contribution in [-0.2, 0) is 17.8 Å². The van der Waals surface area contributed by atoms with E-state index in [0.29, 0.717) is 23.9 Å². The monoisotopic (exact) mass is 511 g/mol. The minimum atomic E-state index is -0.0851. The topological polar surface area (TPSA) is 96.7 Å². The van der Waals surface area contributed by atoms with Gasteiger partial charge in [0.25, 0.3) is 5.91 Å². The molecule has 2 N–H and O–H groups in total. The first-order valence-electron chi connectivity index (χ1n) is 13.2. The minimum absolute atomic E-state index is 0.0851. The maximum absolute atomic E-state index is 13.0. The zero-order valence-electron chi connectivity index (χ0n) is 22.1. The Labute approximate surface area is 222 Å². The van der Waals surface area contributed by atoms with Crippen LogP contribution < -0.4 is 10.6 Å². The molecule has 3 aromatic heterocycles. The fraction of sp³-hybridized carbons (Fsp3) is 0.379. The molecule has 0 saturated carbocycles. The molecule has 4 aromatic rings. The van der Waals surface area contributed by atoms with Gasteiger partial charge in [-0.05, 0) is 62.0 Å². The maximum Gasteiger partial charge on any atom is 0.254 e. The number of pyridine rings is 1. The minimum Gasteiger partial charge on any atom is -0.381 e. The average molecular weight is 512 g/mol. The third-order valence-corrected chi connectivity index (χ3v) is 7.76. The first-order chi connectivity index (χ1) is 18.5. The molecule has 9 heteroatoms. The van der Waals surface area contributed by atoms with Crippen LogP contribution >= 0.6 is 0 Å². The maximum atomic E-state index is 13.0. The second-order valence-electron chi connectivity index (χ2n) is 10.5. The van der Waals surface area contributed by atoms with E-state index in [4.69, 9.17) is 9.72 Å². The second-order valence-corrected chi connectivity index (χ2v) is 10.5. The molecule has 1 atom stereocenters. The molecular weight excluding hydrogens is 478 g/mol. The molecule has 0 spiro atoms. The van der Waals surface area contributed by atoms with Crippen molar-refractivity contribution >= 4 is 23.1 Å². The van der Waals surface area contributed by atoms with Crippen molar-refractivity contribution < 1.29 is 9.53 Å². The lowest BCUT2D eigenvalue weighted by atomic mass is 9.82. The van der Waals surface area contributed by atoms with E-state index in [2.05, 4.69) is 52.6 Å². The summed E-state index contributed by atoms with van der Waals surface area (Å²) in [6.07, 6.45) is 9.35. The molecule has 0 radical (unpaired) electrons. The van der Waals surface area contributed by atoms with Crippen molar-refractivity contribution in [2.45, 2.75) is 38.8 Å². The van der Waals surface area contributed by atoms with Crippen LogP contribution in [0.1, 0.15) is 52.9 Å². The number of nitrogens with zero attached hydrogens (tertiary/aromatic N) is 5. The number of fused-ring (bicyclic) bond motifs is 2. The van der Waals surface area contributed by atoms with Crippen molar-refractivity contribution in [3.8, 4) is 11.3 Å². The molecule has 2 aliphatic heterocycles. The molecule has 1 aromatic carbocycles. The summed E-state index contributed by atoms with van der Waals surface area (Å²) < 4.78 is 7.58. The van der Waals surface area contributed by atoms with Gasteiger partial charge < -0.3 is 20.3 Å². The smallest absolute Gasteiger partial charge is 0.254 e. The van der Waals surface area contributed by atoms with Gasteiger partial charge in [0.05, 0.1) is 35.0 Å². The Balaban J connectivity index is 1.35. The highest BCUT2D eigenvalue weighted by Crippen LogP contribution is 2.37. The van der Waals surface area contributed by atoms with Crippen molar-refractivity contribution in [2.24, 2.45) is 5.92 Å². The standard InChI is InChI=1S/C29H33N7O2/c1-18(19-8-12-38-13-9-19)20-5-7-26(34-24(20)17-35(2)3)33-23-6-4-21(22-14-32-29(37)28(22)23)25-15-31-27-16-30-10-11-36(25)27/h4-7,10-11,15-16,18-19H,8-9,12-14,17H2,1-3H3,(H,32,37)(H,33,34)/t18-/m0/s1. The van der Waals surface area contributed by atoms with Crippen LogP contribution in [0.5, 0.6) is 0 Å². The van der Waals surface area contributed by atoms with Gasteiger partial charge in [-0.2, -0.15) is 0 Å². The van der Waals surface area contributed by atoms with Crippen LogP contribution in [0.3, 0.4) is 0 Å². The van der Waals surface area contributed by atoms with Crippen molar-refractivity contribution in [2.75, 3.05) is 32.6 Å². The second kappa shape index (κ2) is 10.2. The lowest BCUT2D eigenvalue weighted by Crippen LogP contribution is -2.23. The summed E-state index contributed by atoms with van der Waals surface area (Å²) in [5.41, 5.74) is 7.39. The fourth-order valence-electron chi connectivity index (χ4n) is 5.76. The normalized spacial score (nSPS) is 16.6. The lowest BCUT2D eigenvalue weighted by molar-refractivity contribution is 0.0594. The van der Waals surface area contributed by atoms with Crippen LogP contribution in [-0.4, -0.2) is 57.5 Å². The number of benzene rings is 1. The van der Waals surface area contributed by atoms with Gasteiger partial charge in [0.1, 0.15) is 5.82 Å². The van der Waals surface area contributed by atoms with E-state index in [9.17, 15) is 4.79 Å². The number of hydrogen-bond acceptors (Lipinski definition) is 7. The molecule has 2 aliphatic rings. The van der Waals surface area contributed by atoms with E-state index >= 15 is 0 Å². The van der Waals surface area contributed by atoms with E-state index < -0.39 is 0 Å². The Kier molecular flexibility index (Phi) is 6.55. The van der Waals surface area contributed by atoms with Gasteiger partial charge in [0.2, 0.25) is 0 Å². The van der Waals surface area contributed by atoms with E-state index in [-0.39, 0.29) is 5.91 Å². The number of carbonyl (C=O) groups excluding carboxylic acids is 1. The lowest BCUT2D eigenvalue weighted by Gasteiger charge is -2.29. The molecule has 6 rings (SSSR count). The zero-order valence-corrected chi connectivity index (χ0v) is 22.1. The van der Waals surface area contributed by atoms with Crippen molar-refractivity contribution in [1.29, 1.82) is 0 Å². The SMILES string of the molecule is C[C@H](c1ccc(Nc2ccc(-c3cnc4cnccn34)c3c2C(=O)NC3)nc1CN(C)C)C1CCOCC1. The number of rotatable bonds is 7. The zero-order chi connectivity index (χ0) is 26.2. The quantitative estimate of drug-likeness (QED) is 0.380. The van der Waals surface area contributed by atoms with Crippen LogP contribution in [0.25, 0.3) is 16.9 Å². The Hall–Kier alpha value is -3.82. The Morgan fingerprint density at radius 2 is 2.03 bits per heavy atom. The third-order valence-electron chi connectivity index (χ3n) is 7.76. The molecule has 196 valence electrons. The summed E-state index contributed by atoms with van der Waals surface area (Å²) in [5, 5.41) is 6.46. The van der Waals surface area contributed by atoms with E-state index in [0.717, 1.165) is 72.3 Å². The van der Waals surface area contributed by atoms with Gasteiger partial charge >= 0.3 is 0 Å². The molecule has 1 amide bonds. The van der Waals surface area contributed by atoms with Gasteiger partial charge in [-0.15, -0.1) is 0 Å². The number of anilines is 2. The summed E-state index contributed by atoms with van der Waals surface area (Å²) in [6, 6.07) is 8.25. The molecule has 0 aliphatic carbocycles. The highest BCUT2D eigenvalue weighted by atomic mass is 16.5. The third kappa shape index (κ3) is 4.52. The van der Waals surface area contributed by atoms with E-state index in [1.165, 1.54) is 5.56 Å². The van der Waals surface area contributed by atoms with Gasteiger partial charge in [-0.3, -0.25) is 14.2 Å². The van der Waals surface area contributed by atoms with Gasteiger partial charge in [-0.1, -0.05) is 19.1 Å². The van der Waals surface area contributed by atoms with Crippen LogP contribution in [0.2, 0.25) is 0 Å². The Bertz CT molecular complexity index is 1490. The van der Waals surface area contributed by atoms with Crippen LogP contribution in [0.15, 0.2) is 49.1 Å². The van der Waals surface area contributed by atoms with Crippen LogP contribution in [0.4, 0.5) is 11.5 Å². The largest absolute Gasteiger partial charge is 0.381 e. The molecule has 5 heterocycles. The highest BCUT2D eigenvalue weighted by Gasteiger charge is 2.28. The molecular formula is C29H33N7O2. The number of amides is 1. The predicted molar refractivity (Wildman–Crippen MR) is 146 cm³/mol. The summed E-state index contributed by atoms with van der Waals surface area (Å²) >= 11 is 0. The fourth-order valence-corrected chi connectivity index (χ4v) is 5.76. The Morgan fingerprint density at radius 1 is 1.18 bits per heavy atom. The molecule has 1 saturated heterocycles. The average Bonchev–Trinajstić information content (AvgIpc) is 3.53. The molecule has 0 bridgehead atoms. The number of aromatic nitrogens is 4. The summed E-state index contributed by atoms with van der Waals surface area (Å²) in [4.78, 5) is 28.8. The van der Waals surface area contributed by atoms with Gasteiger partial charge in [0, 0.05) is 44.3 Å². The van der Waals surface area contributed by atoms with E-state index in [1.54, 1.807) is 12.4 Å². The molecule has 1 fully saturated rings. The van der Waals surface area contributed by atoms with Crippen molar-refractivity contribution in [3.05, 3.63) is 71.4 Å². The Morgan fingerprint density at radius 3 is 2.84 bits per heavy atom. The predicted octanol–water partition coefficient (Wildman–Crippen LogP) is 4.37. The van der Waals surface area contributed by atoms with Gasteiger partial charge in [0.15, 0.2) is 5.65 Å². The number of hydrogen-bond donors (Lipinski definition) is 2. The van der Waals surface area contributed by atoms with Crippen molar-refractivity contribution in [1.82, 2.24) is 29.6 Å². The first-order valence-corrected chi connectivity index (χ1v) is 13.2. The number of carbonyl (C=O) groups is 1. The number of imidazole rings is 1. The molecule has 0 unspecified atom stereocenters. The summed E-state index contributed by atoms with van der Waals surface area (Å²) in [7, 11) is 4.13. The summed E-state index contributed by atoms with van der Waals surface area (Å²) in [6.45, 7) is 5.20. The van der Waals surface area contributed by atoms with Gasteiger partial charge in [-0.25, -0.2) is 9.97 Å². The first kappa shape index (κ1) is 24.5. The molecule has 38 heavy (non-hydrogen) atoms. The van der Waals surface area contributed by atoms with Crippen LogP contribution in [0, 0.1) is 5.92 Å². The number of nitrogens with one attached hydrogen (secondary N) is 2. The highest BCUT2D eigenvalue weighted by molar-refractivity contribution is 6.06. The van der Waals surface area contributed by atoms with E-state index in [1.807, 2.05) is 35.0 Å². The number of ether oxygens (including phenoxy) is 1. The summed E-state index contributed by atoms with van der Waals surface area (Å²) in [5.74, 6) is 1.66. The van der Waals surface area contributed by atoms with Crippen molar-refractivity contribution in [3.63, 3.8) is 0 Å².